The van der Waals surface area contributed by atoms with E-state index in [-0.39, 0.29) is 11.9 Å². The molecule has 1 saturated heterocycles. The van der Waals surface area contributed by atoms with Gasteiger partial charge >= 0.3 is 0 Å². The molecule has 4 nitrogen and oxygen atoms in total. The smallest absolute Gasteiger partial charge is 0.217 e. The molecule has 20 heavy (non-hydrogen) atoms. The number of aliphatic hydroxyl groups is 1. The van der Waals surface area contributed by atoms with Crippen LogP contribution in [-0.4, -0.2) is 30.1 Å². The monoisotopic (exact) mass is 276 g/mol. The van der Waals surface area contributed by atoms with Crippen molar-refractivity contribution >= 4 is 11.6 Å². The van der Waals surface area contributed by atoms with Gasteiger partial charge in [0.25, 0.3) is 0 Å². The molecule has 0 spiro atoms. The zero-order valence-corrected chi connectivity index (χ0v) is 12.3. The maximum absolute atomic E-state index is 11.1. The third-order valence-corrected chi connectivity index (χ3v) is 3.93. The molecule has 0 aromatic heterocycles. The Labute approximate surface area is 120 Å². The predicted octanol–water partition coefficient (Wildman–Crippen LogP) is 2.23. The zero-order chi connectivity index (χ0) is 14.5. The van der Waals surface area contributed by atoms with Crippen LogP contribution < -0.4 is 10.2 Å². The number of hydrogen-bond acceptors (Lipinski definition) is 3. The van der Waals surface area contributed by atoms with Crippen molar-refractivity contribution in [2.24, 2.45) is 0 Å². The molecule has 4 heteroatoms. The van der Waals surface area contributed by atoms with E-state index in [1.165, 1.54) is 0 Å². The van der Waals surface area contributed by atoms with Crippen molar-refractivity contribution in [3.05, 3.63) is 29.8 Å². The molecule has 1 heterocycles. The van der Waals surface area contributed by atoms with Gasteiger partial charge < -0.3 is 15.3 Å². The van der Waals surface area contributed by atoms with Crippen LogP contribution in [0, 0.1) is 0 Å². The van der Waals surface area contributed by atoms with Crippen LogP contribution in [0.1, 0.15) is 44.8 Å². The quantitative estimate of drug-likeness (QED) is 0.886. The van der Waals surface area contributed by atoms with E-state index in [4.69, 9.17) is 0 Å². The second kappa shape index (κ2) is 6.75. The molecule has 110 valence electrons. The van der Waals surface area contributed by atoms with Gasteiger partial charge in [0.1, 0.15) is 0 Å². The van der Waals surface area contributed by atoms with Gasteiger partial charge in [-0.1, -0.05) is 25.1 Å². The van der Waals surface area contributed by atoms with Crippen LogP contribution in [0.3, 0.4) is 0 Å². The van der Waals surface area contributed by atoms with Gasteiger partial charge in [0, 0.05) is 37.3 Å². The van der Waals surface area contributed by atoms with Crippen molar-refractivity contribution in [1.29, 1.82) is 0 Å². The molecule has 1 amide bonds. The van der Waals surface area contributed by atoms with Crippen LogP contribution in [0.15, 0.2) is 24.3 Å². The normalized spacial score (nSPS) is 17.9. The molecular formula is C16H24N2O2. The second-order valence-electron chi connectivity index (χ2n) is 5.44. The SMILES string of the molecule is CC[C@@H](O)c1ccccc1N1CCC(NC(C)=O)CC1. The number of rotatable bonds is 4. The van der Waals surface area contributed by atoms with Gasteiger partial charge in [-0.25, -0.2) is 0 Å². The topological polar surface area (TPSA) is 52.6 Å². The summed E-state index contributed by atoms with van der Waals surface area (Å²) in [6, 6.07) is 8.35. The Kier molecular flexibility index (Phi) is 5.01. The Bertz CT molecular complexity index is 454. The fourth-order valence-corrected chi connectivity index (χ4v) is 2.83. The Morgan fingerprint density at radius 1 is 1.40 bits per heavy atom. The number of piperidine rings is 1. The van der Waals surface area contributed by atoms with Gasteiger partial charge in [-0.2, -0.15) is 0 Å². The molecule has 0 aliphatic carbocycles. The summed E-state index contributed by atoms with van der Waals surface area (Å²) in [5.74, 6) is 0.0465. The first-order chi connectivity index (χ1) is 9.61. The number of aliphatic hydroxyl groups excluding tert-OH is 1. The third kappa shape index (κ3) is 3.51. The number of anilines is 1. The third-order valence-electron chi connectivity index (χ3n) is 3.93. The maximum atomic E-state index is 11.1. The summed E-state index contributed by atoms with van der Waals surface area (Å²) in [5.41, 5.74) is 2.14. The highest BCUT2D eigenvalue weighted by atomic mass is 16.3. The fraction of sp³-hybridized carbons (Fsp3) is 0.562. The number of benzene rings is 1. The van der Waals surface area contributed by atoms with Crippen LogP contribution in [0.2, 0.25) is 0 Å². The van der Waals surface area contributed by atoms with E-state index >= 15 is 0 Å². The van der Waals surface area contributed by atoms with Gasteiger partial charge in [-0.3, -0.25) is 4.79 Å². The lowest BCUT2D eigenvalue weighted by Gasteiger charge is -2.35. The standard InChI is InChI=1S/C16H24N2O2/c1-3-16(20)14-6-4-5-7-15(14)18-10-8-13(9-11-18)17-12(2)19/h4-7,13,16,20H,3,8-11H2,1-2H3,(H,17,19)/t16-/m1/s1. The summed E-state index contributed by atoms with van der Waals surface area (Å²) in [6.45, 7) is 5.39. The summed E-state index contributed by atoms with van der Waals surface area (Å²) < 4.78 is 0. The molecule has 0 unspecified atom stereocenters. The Morgan fingerprint density at radius 3 is 2.65 bits per heavy atom. The van der Waals surface area contributed by atoms with E-state index in [2.05, 4.69) is 16.3 Å². The molecule has 0 saturated carbocycles. The van der Waals surface area contributed by atoms with Crippen molar-refractivity contribution < 1.29 is 9.90 Å². The number of carbonyl (C=O) groups is 1. The Morgan fingerprint density at radius 2 is 2.05 bits per heavy atom. The molecule has 1 aliphatic rings. The first kappa shape index (κ1) is 14.9. The van der Waals surface area contributed by atoms with E-state index in [0.717, 1.165) is 43.6 Å². The Hall–Kier alpha value is -1.55. The van der Waals surface area contributed by atoms with Gasteiger partial charge in [0.05, 0.1) is 6.10 Å². The average Bonchev–Trinajstić information content (AvgIpc) is 2.46. The van der Waals surface area contributed by atoms with Crippen LogP contribution in [0.25, 0.3) is 0 Å². The number of nitrogens with zero attached hydrogens (tertiary/aromatic N) is 1. The number of nitrogens with one attached hydrogen (secondary N) is 1. The number of carbonyl (C=O) groups excluding carboxylic acids is 1. The van der Waals surface area contributed by atoms with E-state index in [1.54, 1.807) is 6.92 Å². The molecule has 0 bridgehead atoms. The lowest BCUT2D eigenvalue weighted by molar-refractivity contribution is -0.119. The molecule has 1 fully saturated rings. The van der Waals surface area contributed by atoms with Crippen molar-refractivity contribution in [2.75, 3.05) is 18.0 Å². The van der Waals surface area contributed by atoms with Gasteiger partial charge in [-0.15, -0.1) is 0 Å². The Balaban J connectivity index is 2.05. The van der Waals surface area contributed by atoms with Crippen molar-refractivity contribution in [2.45, 2.75) is 45.3 Å². The van der Waals surface area contributed by atoms with E-state index in [0.29, 0.717) is 0 Å². The minimum Gasteiger partial charge on any atom is -0.388 e. The number of para-hydroxylation sites is 1. The second-order valence-corrected chi connectivity index (χ2v) is 5.44. The van der Waals surface area contributed by atoms with Crippen molar-refractivity contribution in [1.82, 2.24) is 5.32 Å². The van der Waals surface area contributed by atoms with E-state index in [9.17, 15) is 9.90 Å². The van der Waals surface area contributed by atoms with Crippen LogP contribution >= 0.6 is 0 Å². The largest absolute Gasteiger partial charge is 0.388 e. The number of amides is 1. The number of hydrogen-bond donors (Lipinski definition) is 2. The molecule has 2 rings (SSSR count). The highest BCUT2D eigenvalue weighted by Gasteiger charge is 2.22. The minimum atomic E-state index is -0.403. The van der Waals surface area contributed by atoms with E-state index in [1.807, 2.05) is 25.1 Å². The lowest BCUT2D eigenvalue weighted by atomic mass is 10.00. The molecule has 2 N–H and O–H groups in total. The molecule has 1 aromatic carbocycles. The first-order valence-corrected chi connectivity index (χ1v) is 7.40. The summed E-state index contributed by atoms with van der Waals surface area (Å²) in [5, 5.41) is 13.1. The summed E-state index contributed by atoms with van der Waals surface area (Å²) in [7, 11) is 0. The minimum absolute atomic E-state index is 0.0465. The highest BCUT2D eigenvalue weighted by molar-refractivity contribution is 5.73. The summed E-state index contributed by atoms with van der Waals surface area (Å²) in [6.07, 6.45) is 2.23. The van der Waals surface area contributed by atoms with Crippen LogP contribution in [0.5, 0.6) is 0 Å². The fourth-order valence-electron chi connectivity index (χ4n) is 2.83. The predicted molar refractivity (Wildman–Crippen MR) is 80.7 cm³/mol. The van der Waals surface area contributed by atoms with Crippen LogP contribution in [-0.2, 0) is 4.79 Å². The van der Waals surface area contributed by atoms with Crippen molar-refractivity contribution in [3.8, 4) is 0 Å². The molecule has 0 radical (unpaired) electrons. The molecule has 1 aromatic rings. The first-order valence-electron chi connectivity index (χ1n) is 7.40. The molecule has 1 atom stereocenters. The molecule has 1 aliphatic heterocycles. The summed E-state index contributed by atoms with van der Waals surface area (Å²) >= 11 is 0. The van der Waals surface area contributed by atoms with Gasteiger partial charge in [-0.05, 0) is 25.3 Å². The maximum Gasteiger partial charge on any atom is 0.217 e. The van der Waals surface area contributed by atoms with E-state index < -0.39 is 6.10 Å². The van der Waals surface area contributed by atoms with Gasteiger partial charge in [0.2, 0.25) is 5.91 Å². The van der Waals surface area contributed by atoms with Crippen molar-refractivity contribution in [3.63, 3.8) is 0 Å². The summed E-state index contributed by atoms with van der Waals surface area (Å²) in [4.78, 5) is 13.4. The highest BCUT2D eigenvalue weighted by Crippen LogP contribution is 2.30. The zero-order valence-electron chi connectivity index (χ0n) is 12.3. The molecular weight excluding hydrogens is 252 g/mol. The van der Waals surface area contributed by atoms with Crippen LogP contribution in [0.4, 0.5) is 5.69 Å². The lowest BCUT2D eigenvalue weighted by Crippen LogP contribution is -2.44. The average molecular weight is 276 g/mol. The van der Waals surface area contributed by atoms with Gasteiger partial charge in [0.15, 0.2) is 0 Å².